The summed E-state index contributed by atoms with van der Waals surface area (Å²) in [6.07, 6.45) is 10.2. The number of aromatic nitrogens is 2. The number of aryl methyl sites for hydroxylation is 1. The minimum atomic E-state index is 0.335. The van der Waals surface area contributed by atoms with E-state index in [1.54, 1.807) is 0 Å². The molecule has 1 aromatic heterocycles. The quantitative estimate of drug-likeness (QED) is 0.662. The number of hydrogen-bond acceptors (Lipinski definition) is 4. The third kappa shape index (κ3) is 5.78. The molecule has 174 valence electrons. The highest BCUT2D eigenvalue weighted by atomic mass is 16.2. The van der Waals surface area contributed by atoms with Crippen molar-refractivity contribution in [3.05, 3.63) is 47.8 Å². The van der Waals surface area contributed by atoms with Gasteiger partial charge in [-0.25, -0.2) is 4.68 Å². The van der Waals surface area contributed by atoms with Gasteiger partial charge in [-0.05, 0) is 101 Å². The van der Waals surface area contributed by atoms with Crippen LogP contribution in [0.1, 0.15) is 49.7 Å². The van der Waals surface area contributed by atoms with E-state index in [4.69, 9.17) is 0 Å². The first-order valence-electron chi connectivity index (χ1n) is 12.3. The standard InChI is InChI=1S/C26H39N5O/c1-21-18-25(31-15-5-13-27-31)9-8-23(21)20-30-14-4-6-22(19-30)7-10-26(32)29(3)24-11-16-28(2)17-12-24/h5,8-9,13,15,18,22,24H,4,6-7,10-12,14,16-17,19-20H2,1-3H3/t22-/m0/s1. The molecule has 0 aliphatic carbocycles. The lowest BCUT2D eigenvalue weighted by Gasteiger charge is -2.36. The zero-order valence-electron chi connectivity index (χ0n) is 20.0. The topological polar surface area (TPSA) is 44.6 Å². The Hall–Kier alpha value is -2.18. The Bertz CT molecular complexity index is 872. The van der Waals surface area contributed by atoms with Crippen LogP contribution in [0.4, 0.5) is 0 Å². The first kappa shape index (κ1) is 23.0. The molecule has 6 nitrogen and oxygen atoms in total. The second kappa shape index (κ2) is 10.6. The predicted octanol–water partition coefficient (Wildman–Crippen LogP) is 3.73. The summed E-state index contributed by atoms with van der Waals surface area (Å²) >= 11 is 0. The van der Waals surface area contributed by atoms with E-state index in [0.29, 0.717) is 24.3 Å². The summed E-state index contributed by atoms with van der Waals surface area (Å²) in [6, 6.07) is 9.01. The van der Waals surface area contributed by atoms with Crippen LogP contribution >= 0.6 is 0 Å². The molecule has 0 bridgehead atoms. The van der Waals surface area contributed by atoms with Gasteiger partial charge in [0.1, 0.15) is 0 Å². The smallest absolute Gasteiger partial charge is 0.222 e. The number of likely N-dealkylation sites (tertiary alicyclic amines) is 2. The van der Waals surface area contributed by atoms with E-state index in [9.17, 15) is 4.79 Å². The number of amides is 1. The Morgan fingerprint density at radius 2 is 2.00 bits per heavy atom. The van der Waals surface area contributed by atoms with Gasteiger partial charge in [-0.1, -0.05) is 6.07 Å². The molecule has 4 rings (SSSR count). The molecule has 2 saturated heterocycles. The zero-order chi connectivity index (χ0) is 22.5. The highest BCUT2D eigenvalue weighted by molar-refractivity contribution is 5.76. The Labute approximate surface area is 193 Å². The normalized spacial score (nSPS) is 21.0. The third-order valence-corrected chi connectivity index (χ3v) is 7.49. The van der Waals surface area contributed by atoms with Crippen molar-refractivity contribution in [1.82, 2.24) is 24.5 Å². The fourth-order valence-corrected chi connectivity index (χ4v) is 5.28. The van der Waals surface area contributed by atoms with E-state index in [1.807, 2.05) is 35.1 Å². The summed E-state index contributed by atoms with van der Waals surface area (Å²) in [4.78, 5) is 19.8. The maximum atomic E-state index is 12.8. The van der Waals surface area contributed by atoms with Gasteiger partial charge in [-0.2, -0.15) is 5.10 Å². The van der Waals surface area contributed by atoms with Crippen LogP contribution in [0, 0.1) is 12.8 Å². The fraction of sp³-hybridized carbons (Fsp3) is 0.615. The largest absolute Gasteiger partial charge is 0.343 e. The summed E-state index contributed by atoms with van der Waals surface area (Å²) in [7, 11) is 4.18. The molecule has 0 radical (unpaired) electrons. The van der Waals surface area contributed by atoms with Crippen LogP contribution in [0.2, 0.25) is 0 Å². The molecule has 32 heavy (non-hydrogen) atoms. The second-order valence-electron chi connectivity index (χ2n) is 9.88. The molecular formula is C26H39N5O. The average molecular weight is 438 g/mol. The van der Waals surface area contributed by atoms with Crippen LogP contribution in [0.5, 0.6) is 0 Å². The SMILES string of the molecule is Cc1cc(-n2cccn2)ccc1CN1CCC[C@@H](CCC(=O)N(C)C2CCN(C)CC2)C1. The van der Waals surface area contributed by atoms with Crippen molar-refractivity contribution in [1.29, 1.82) is 0 Å². The van der Waals surface area contributed by atoms with Gasteiger partial charge in [-0.15, -0.1) is 0 Å². The average Bonchev–Trinajstić information content (AvgIpc) is 3.34. The van der Waals surface area contributed by atoms with Gasteiger partial charge in [0.25, 0.3) is 0 Å². The van der Waals surface area contributed by atoms with Crippen molar-refractivity contribution < 1.29 is 4.79 Å². The zero-order valence-corrected chi connectivity index (χ0v) is 20.0. The van der Waals surface area contributed by atoms with Crippen molar-refractivity contribution in [3.8, 4) is 5.69 Å². The molecule has 2 aliphatic rings. The molecule has 0 spiro atoms. The fourth-order valence-electron chi connectivity index (χ4n) is 5.28. The Morgan fingerprint density at radius 1 is 1.19 bits per heavy atom. The van der Waals surface area contributed by atoms with E-state index < -0.39 is 0 Å². The van der Waals surface area contributed by atoms with Crippen molar-refractivity contribution >= 4 is 5.91 Å². The minimum Gasteiger partial charge on any atom is -0.343 e. The molecular weight excluding hydrogens is 398 g/mol. The number of rotatable bonds is 7. The third-order valence-electron chi connectivity index (χ3n) is 7.49. The Kier molecular flexibility index (Phi) is 7.63. The number of carbonyl (C=O) groups excluding carboxylic acids is 1. The Balaban J connectivity index is 1.26. The number of piperidine rings is 2. The molecule has 2 fully saturated rings. The van der Waals surface area contributed by atoms with Gasteiger partial charge in [0.15, 0.2) is 0 Å². The molecule has 0 N–H and O–H groups in total. The van der Waals surface area contributed by atoms with Crippen LogP contribution in [0.3, 0.4) is 0 Å². The van der Waals surface area contributed by atoms with Crippen LogP contribution in [0.15, 0.2) is 36.7 Å². The number of hydrogen-bond donors (Lipinski definition) is 0. The van der Waals surface area contributed by atoms with Crippen LogP contribution < -0.4 is 0 Å². The summed E-state index contributed by atoms with van der Waals surface area (Å²) in [6.45, 7) is 7.64. The highest BCUT2D eigenvalue weighted by Gasteiger charge is 2.26. The molecule has 0 unspecified atom stereocenters. The molecule has 1 atom stereocenters. The van der Waals surface area contributed by atoms with E-state index in [-0.39, 0.29) is 0 Å². The van der Waals surface area contributed by atoms with Gasteiger partial charge in [0.05, 0.1) is 5.69 Å². The van der Waals surface area contributed by atoms with Gasteiger partial charge in [-0.3, -0.25) is 9.69 Å². The number of benzene rings is 1. The van der Waals surface area contributed by atoms with E-state index in [1.165, 1.54) is 24.0 Å². The summed E-state index contributed by atoms with van der Waals surface area (Å²) in [5, 5.41) is 4.34. The molecule has 2 aliphatic heterocycles. The van der Waals surface area contributed by atoms with Crippen LogP contribution in [-0.2, 0) is 11.3 Å². The lowest BCUT2D eigenvalue weighted by atomic mass is 9.92. The lowest BCUT2D eigenvalue weighted by molar-refractivity contribution is -0.133. The van der Waals surface area contributed by atoms with Gasteiger partial charge in [0, 0.05) is 45.0 Å². The highest BCUT2D eigenvalue weighted by Crippen LogP contribution is 2.25. The maximum absolute atomic E-state index is 12.8. The molecule has 6 heteroatoms. The van der Waals surface area contributed by atoms with E-state index in [0.717, 1.165) is 57.7 Å². The first-order valence-corrected chi connectivity index (χ1v) is 12.3. The monoisotopic (exact) mass is 437 g/mol. The number of carbonyl (C=O) groups is 1. The molecule has 2 aromatic rings. The van der Waals surface area contributed by atoms with Gasteiger partial charge in [0.2, 0.25) is 5.91 Å². The summed E-state index contributed by atoms with van der Waals surface area (Å²) in [5.74, 6) is 0.962. The first-order chi connectivity index (χ1) is 15.5. The van der Waals surface area contributed by atoms with E-state index in [2.05, 4.69) is 47.1 Å². The van der Waals surface area contributed by atoms with E-state index >= 15 is 0 Å². The summed E-state index contributed by atoms with van der Waals surface area (Å²) in [5.41, 5.74) is 3.81. The van der Waals surface area contributed by atoms with Crippen molar-refractivity contribution in [3.63, 3.8) is 0 Å². The van der Waals surface area contributed by atoms with Gasteiger partial charge < -0.3 is 9.80 Å². The van der Waals surface area contributed by atoms with Crippen LogP contribution in [-0.4, -0.2) is 76.7 Å². The molecule has 0 saturated carbocycles. The van der Waals surface area contributed by atoms with Crippen LogP contribution in [0.25, 0.3) is 5.69 Å². The predicted molar refractivity (Wildman–Crippen MR) is 129 cm³/mol. The maximum Gasteiger partial charge on any atom is 0.222 e. The van der Waals surface area contributed by atoms with Crippen molar-refractivity contribution in [2.45, 2.75) is 58.0 Å². The molecule has 1 amide bonds. The van der Waals surface area contributed by atoms with Crippen molar-refractivity contribution in [2.24, 2.45) is 5.92 Å². The lowest BCUT2D eigenvalue weighted by Crippen LogP contribution is -2.44. The number of nitrogens with zero attached hydrogens (tertiary/aromatic N) is 5. The minimum absolute atomic E-state index is 0.335. The van der Waals surface area contributed by atoms with Crippen molar-refractivity contribution in [2.75, 3.05) is 40.3 Å². The second-order valence-corrected chi connectivity index (χ2v) is 9.88. The van der Waals surface area contributed by atoms with Gasteiger partial charge >= 0.3 is 0 Å². The summed E-state index contributed by atoms with van der Waals surface area (Å²) < 4.78 is 1.91. The Morgan fingerprint density at radius 3 is 2.72 bits per heavy atom. The molecule has 1 aromatic carbocycles. The molecule has 3 heterocycles.